The van der Waals surface area contributed by atoms with Crippen molar-refractivity contribution in [1.82, 2.24) is 15.1 Å². The summed E-state index contributed by atoms with van der Waals surface area (Å²) in [5.74, 6) is 0.0270. The molecular formula is C23H24N4O4. The number of nitrogens with zero attached hydrogens (tertiary/aromatic N) is 2. The van der Waals surface area contributed by atoms with Gasteiger partial charge >= 0.3 is 0 Å². The maximum atomic E-state index is 13.3. The van der Waals surface area contributed by atoms with Crippen LogP contribution in [0, 0.1) is 0 Å². The summed E-state index contributed by atoms with van der Waals surface area (Å²) >= 11 is 0. The van der Waals surface area contributed by atoms with Gasteiger partial charge in [0.25, 0.3) is 5.91 Å². The minimum absolute atomic E-state index is 0.143. The number of amides is 3. The largest absolute Gasteiger partial charge is 0.492 e. The summed E-state index contributed by atoms with van der Waals surface area (Å²) in [5.41, 5.74) is 10.2. The molecule has 1 unspecified atom stereocenters. The minimum Gasteiger partial charge on any atom is -0.492 e. The van der Waals surface area contributed by atoms with Crippen LogP contribution in [0.2, 0.25) is 0 Å². The van der Waals surface area contributed by atoms with Gasteiger partial charge in [0.2, 0.25) is 11.8 Å². The number of ether oxygens (including phenoxy) is 1. The van der Waals surface area contributed by atoms with E-state index in [1.807, 2.05) is 36.4 Å². The predicted molar refractivity (Wildman–Crippen MR) is 113 cm³/mol. The molecule has 31 heavy (non-hydrogen) atoms. The summed E-state index contributed by atoms with van der Waals surface area (Å²) in [5, 5.41) is 2.35. The SMILES string of the molecule is Nc1ccc2c(c1)CN(Cc1cccc3c1C(=O)N(C1CCC(=O)NC1=O)C3)CCO2. The second-order valence-electron chi connectivity index (χ2n) is 8.28. The Morgan fingerprint density at radius 3 is 2.81 bits per heavy atom. The van der Waals surface area contributed by atoms with Crippen molar-refractivity contribution in [3.8, 4) is 5.75 Å². The maximum Gasteiger partial charge on any atom is 0.255 e. The molecule has 3 amide bonds. The van der Waals surface area contributed by atoms with Crippen LogP contribution < -0.4 is 15.8 Å². The zero-order valence-electron chi connectivity index (χ0n) is 17.1. The second kappa shape index (κ2) is 7.70. The van der Waals surface area contributed by atoms with Crippen LogP contribution in [-0.2, 0) is 29.2 Å². The van der Waals surface area contributed by atoms with E-state index < -0.39 is 11.9 Å². The lowest BCUT2D eigenvalue weighted by Crippen LogP contribution is -2.52. The van der Waals surface area contributed by atoms with Crippen LogP contribution in [0.15, 0.2) is 36.4 Å². The average molecular weight is 420 g/mol. The van der Waals surface area contributed by atoms with Gasteiger partial charge in [-0.05, 0) is 35.7 Å². The van der Waals surface area contributed by atoms with Crippen LogP contribution in [0.1, 0.15) is 39.9 Å². The first-order valence-electron chi connectivity index (χ1n) is 10.5. The Balaban J connectivity index is 1.38. The number of hydrogen-bond donors (Lipinski definition) is 2. The molecule has 3 aliphatic heterocycles. The number of hydrogen-bond acceptors (Lipinski definition) is 6. The Kier molecular flexibility index (Phi) is 4.86. The van der Waals surface area contributed by atoms with Crippen LogP contribution in [0.25, 0.3) is 0 Å². The summed E-state index contributed by atoms with van der Waals surface area (Å²) in [7, 11) is 0. The number of rotatable bonds is 3. The standard InChI is InChI=1S/C23H24N4O4/c24-17-4-6-19-16(10-17)12-26(8-9-31-19)11-14-2-1-3-15-13-27(23(30)21(14)15)18-5-7-20(28)25-22(18)29/h1-4,6,10,18H,5,7-9,11-13,24H2,(H,25,28,29). The number of benzene rings is 2. The Hall–Kier alpha value is -3.39. The van der Waals surface area contributed by atoms with Crippen LogP contribution >= 0.6 is 0 Å². The van der Waals surface area contributed by atoms with Crippen LogP contribution in [-0.4, -0.2) is 46.7 Å². The average Bonchev–Trinajstić information content (AvgIpc) is 2.94. The molecule has 3 aliphatic rings. The molecule has 5 rings (SSSR count). The van der Waals surface area contributed by atoms with Crippen molar-refractivity contribution >= 4 is 23.4 Å². The molecule has 1 saturated heterocycles. The fourth-order valence-corrected chi connectivity index (χ4v) is 4.67. The third-order valence-corrected chi connectivity index (χ3v) is 6.18. The summed E-state index contributed by atoms with van der Waals surface area (Å²) in [4.78, 5) is 40.9. The van der Waals surface area contributed by atoms with Crippen molar-refractivity contribution in [2.24, 2.45) is 0 Å². The molecule has 1 atom stereocenters. The van der Waals surface area contributed by atoms with Crippen molar-refractivity contribution < 1.29 is 19.1 Å². The van der Waals surface area contributed by atoms with Gasteiger partial charge < -0.3 is 15.4 Å². The molecule has 0 bridgehead atoms. The number of anilines is 1. The Labute approximate surface area is 179 Å². The molecule has 2 aromatic rings. The summed E-state index contributed by atoms with van der Waals surface area (Å²) < 4.78 is 5.86. The van der Waals surface area contributed by atoms with E-state index in [9.17, 15) is 14.4 Å². The van der Waals surface area contributed by atoms with Gasteiger partial charge in [-0.15, -0.1) is 0 Å². The van der Waals surface area contributed by atoms with Gasteiger partial charge in [0, 0.05) is 49.4 Å². The molecule has 8 nitrogen and oxygen atoms in total. The van der Waals surface area contributed by atoms with E-state index in [4.69, 9.17) is 10.5 Å². The number of nitrogen functional groups attached to an aromatic ring is 1. The lowest BCUT2D eigenvalue weighted by molar-refractivity contribution is -0.136. The number of carbonyl (C=O) groups excluding carboxylic acids is 3. The Morgan fingerprint density at radius 1 is 1.10 bits per heavy atom. The van der Waals surface area contributed by atoms with Crippen LogP contribution in [0.4, 0.5) is 5.69 Å². The number of piperidine rings is 1. The Morgan fingerprint density at radius 2 is 1.97 bits per heavy atom. The third kappa shape index (κ3) is 3.63. The van der Waals surface area contributed by atoms with E-state index in [0.717, 1.165) is 29.0 Å². The van der Waals surface area contributed by atoms with Crippen molar-refractivity contribution in [2.75, 3.05) is 18.9 Å². The molecule has 0 radical (unpaired) electrons. The van der Waals surface area contributed by atoms with Gasteiger partial charge in [0.15, 0.2) is 0 Å². The van der Waals surface area contributed by atoms with Gasteiger partial charge in [-0.2, -0.15) is 0 Å². The molecule has 3 N–H and O–H groups in total. The van der Waals surface area contributed by atoms with Crippen molar-refractivity contribution in [1.29, 1.82) is 0 Å². The molecule has 0 aliphatic carbocycles. The van der Waals surface area contributed by atoms with Crippen LogP contribution in [0.3, 0.4) is 0 Å². The lowest BCUT2D eigenvalue weighted by Gasteiger charge is -2.29. The van der Waals surface area contributed by atoms with Crippen molar-refractivity contribution in [3.63, 3.8) is 0 Å². The second-order valence-corrected chi connectivity index (χ2v) is 8.28. The van der Waals surface area contributed by atoms with Crippen LogP contribution in [0.5, 0.6) is 5.75 Å². The van der Waals surface area contributed by atoms with E-state index in [-0.39, 0.29) is 18.2 Å². The highest BCUT2D eigenvalue weighted by Crippen LogP contribution is 2.32. The highest BCUT2D eigenvalue weighted by atomic mass is 16.5. The maximum absolute atomic E-state index is 13.3. The van der Waals surface area contributed by atoms with Crippen molar-refractivity contribution in [2.45, 2.75) is 38.5 Å². The highest BCUT2D eigenvalue weighted by Gasteiger charge is 2.40. The molecule has 0 saturated carbocycles. The summed E-state index contributed by atoms with van der Waals surface area (Å²) in [6.07, 6.45) is 0.612. The molecular weight excluding hydrogens is 396 g/mol. The van der Waals surface area contributed by atoms with Crippen molar-refractivity contribution in [3.05, 3.63) is 58.7 Å². The lowest BCUT2D eigenvalue weighted by atomic mass is 10.0. The molecule has 8 heteroatoms. The predicted octanol–water partition coefficient (Wildman–Crippen LogP) is 1.42. The Bertz CT molecular complexity index is 1080. The minimum atomic E-state index is -0.605. The van der Waals surface area contributed by atoms with Gasteiger partial charge in [-0.25, -0.2) is 0 Å². The molecule has 3 heterocycles. The zero-order valence-corrected chi connectivity index (χ0v) is 17.1. The van der Waals surface area contributed by atoms with E-state index in [1.54, 1.807) is 4.90 Å². The van der Waals surface area contributed by atoms with Gasteiger partial charge in [-0.1, -0.05) is 18.2 Å². The fourth-order valence-electron chi connectivity index (χ4n) is 4.67. The summed E-state index contributed by atoms with van der Waals surface area (Å²) in [6.45, 7) is 2.94. The molecule has 160 valence electrons. The first kappa shape index (κ1) is 19.6. The quantitative estimate of drug-likeness (QED) is 0.575. The number of nitrogens with two attached hydrogens (primary N) is 1. The molecule has 2 aromatic carbocycles. The van der Waals surface area contributed by atoms with E-state index in [2.05, 4.69) is 10.2 Å². The molecule has 0 spiro atoms. The molecule has 0 aromatic heterocycles. The first-order valence-corrected chi connectivity index (χ1v) is 10.5. The zero-order chi connectivity index (χ0) is 21.5. The number of carbonyl (C=O) groups is 3. The number of imide groups is 1. The fraction of sp³-hybridized carbons (Fsp3) is 0.348. The number of fused-ring (bicyclic) bond motifs is 2. The summed E-state index contributed by atoms with van der Waals surface area (Å²) in [6, 6.07) is 10.9. The van der Waals surface area contributed by atoms with Gasteiger partial charge in [0.05, 0.1) is 0 Å². The van der Waals surface area contributed by atoms with Gasteiger partial charge in [-0.3, -0.25) is 24.6 Å². The topological polar surface area (TPSA) is 105 Å². The third-order valence-electron chi connectivity index (χ3n) is 6.18. The smallest absolute Gasteiger partial charge is 0.255 e. The molecule has 1 fully saturated rings. The van der Waals surface area contributed by atoms with E-state index in [0.29, 0.717) is 43.9 Å². The monoisotopic (exact) mass is 420 g/mol. The van der Waals surface area contributed by atoms with E-state index >= 15 is 0 Å². The van der Waals surface area contributed by atoms with E-state index in [1.165, 1.54) is 0 Å². The number of nitrogens with one attached hydrogen (secondary N) is 1. The first-order chi connectivity index (χ1) is 15.0. The van der Waals surface area contributed by atoms with Gasteiger partial charge in [0.1, 0.15) is 18.4 Å². The highest BCUT2D eigenvalue weighted by molar-refractivity contribution is 6.06. The normalized spacial score (nSPS) is 21.2.